The molecule has 198 valence electrons. The number of hydrogen-bond acceptors (Lipinski definition) is 7. The van der Waals surface area contributed by atoms with Gasteiger partial charge >= 0.3 is 0 Å². The van der Waals surface area contributed by atoms with Gasteiger partial charge in [-0.15, -0.1) is 22.0 Å². The van der Waals surface area contributed by atoms with Crippen molar-refractivity contribution in [2.24, 2.45) is 38.9 Å². The molecule has 2 heterocycles. The van der Waals surface area contributed by atoms with Crippen LogP contribution in [0.25, 0.3) is 0 Å². The number of nitrogens with two attached hydrogens (primary N) is 2. The van der Waals surface area contributed by atoms with Crippen molar-refractivity contribution in [1.82, 2.24) is 0 Å². The minimum absolute atomic E-state index is 0.0933. The van der Waals surface area contributed by atoms with Crippen molar-refractivity contribution in [3.63, 3.8) is 0 Å². The first kappa shape index (κ1) is 25.8. The molecule has 1 spiro atoms. The molecule has 6 nitrogen and oxygen atoms in total. The summed E-state index contributed by atoms with van der Waals surface area (Å²) in [5, 5.41) is 7.71. The third kappa shape index (κ3) is 4.14. The third-order valence-corrected chi connectivity index (χ3v) is 9.61. The Morgan fingerprint density at radius 2 is 0.875 bits per heavy atom. The van der Waals surface area contributed by atoms with E-state index in [2.05, 4.69) is 10.2 Å². The van der Waals surface area contributed by atoms with Crippen LogP contribution in [-0.4, -0.2) is 23.2 Å². The number of nitrogens with zero attached hydrogens (tertiary/aromatic N) is 2. The number of thioether (sulfide) groups is 1. The predicted octanol–water partition coefficient (Wildman–Crippen LogP) is 5.84. The highest BCUT2D eigenvalue weighted by atomic mass is 32.2. The highest BCUT2D eigenvalue weighted by molar-refractivity contribution is 7.99. The Labute approximate surface area is 237 Å². The number of Topliss-reactive ketones (excluding diaryl/α,β-unsaturated/α-hetero) is 2. The summed E-state index contributed by atoms with van der Waals surface area (Å²) >= 11 is 1.60. The van der Waals surface area contributed by atoms with Gasteiger partial charge in [-0.25, -0.2) is 0 Å². The molecule has 0 saturated carbocycles. The van der Waals surface area contributed by atoms with Crippen LogP contribution < -0.4 is 11.5 Å². The lowest BCUT2D eigenvalue weighted by molar-refractivity contribution is 0.0724. The van der Waals surface area contributed by atoms with E-state index in [0.717, 1.165) is 11.1 Å². The van der Waals surface area contributed by atoms with Gasteiger partial charge in [-0.3, -0.25) is 9.59 Å². The number of hydrogen-bond donors (Lipinski definition) is 2. The average Bonchev–Trinajstić information content (AvgIpc) is 3.30. The molecule has 0 radical (unpaired) electrons. The summed E-state index contributed by atoms with van der Waals surface area (Å²) in [5.41, 5.74) is 15.0. The third-order valence-electron chi connectivity index (χ3n) is 7.93. The average molecular weight is 545 g/mol. The molecule has 1 fully saturated rings. The summed E-state index contributed by atoms with van der Waals surface area (Å²) in [6.07, 6.45) is 0. The Balaban J connectivity index is 1.65. The molecular weight excluding hydrogens is 516 g/mol. The Morgan fingerprint density at radius 1 is 0.550 bits per heavy atom. The van der Waals surface area contributed by atoms with E-state index in [4.69, 9.17) is 11.5 Å². The van der Waals surface area contributed by atoms with Gasteiger partial charge in [-0.05, 0) is 11.1 Å². The molecule has 4 N–H and O–H groups in total. The van der Waals surface area contributed by atoms with E-state index in [1.165, 1.54) is 0 Å². The first-order valence-electron chi connectivity index (χ1n) is 13.1. The fourth-order valence-corrected chi connectivity index (χ4v) is 8.04. The molecule has 1 saturated heterocycles. The molecule has 4 atom stereocenters. The second kappa shape index (κ2) is 10.6. The molecule has 4 unspecified atom stereocenters. The maximum absolute atomic E-state index is 14.6. The molecule has 6 rings (SSSR count). The van der Waals surface area contributed by atoms with Crippen molar-refractivity contribution in [3.05, 3.63) is 144 Å². The molecule has 7 heteroatoms. The van der Waals surface area contributed by atoms with Crippen molar-refractivity contribution < 1.29 is 9.59 Å². The van der Waals surface area contributed by atoms with Gasteiger partial charge in [0.2, 0.25) is 0 Å². The summed E-state index contributed by atoms with van der Waals surface area (Å²) in [4.78, 5) is 29.3. The van der Waals surface area contributed by atoms with Crippen LogP contribution in [0.2, 0.25) is 0 Å². The standard InChI is InChI=1S/C33H28N4O2S/c34-31-33(32(35)37-36-31)25(27(38)21-13-5-1-6-14-21)29(23-17-9-3-10-18-23)40-30(24-19-11-4-12-20-24)26(33)28(39)22-15-7-2-8-16-22/h1-20,25-26,29-30H,(H2,34,36)(H2,35,37). The van der Waals surface area contributed by atoms with Crippen molar-refractivity contribution in [2.45, 2.75) is 10.5 Å². The SMILES string of the molecule is NC1=NN=C(N)C12C(C(=O)c1ccccc1)C(c1ccccc1)SC(c1ccccc1)C2C(=O)c1ccccc1. The highest BCUT2D eigenvalue weighted by Gasteiger charge is 2.67. The number of benzene rings is 4. The second-order valence-electron chi connectivity index (χ2n) is 10.1. The van der Waals surface area contributed by atoms with E-state index in [0.29, 0.717) is 11.1 Å². The quantitative estimate of drug-likeness (QED) is 0.296. The number of carbonyl (C=O) groups is 2. The van der Waals surface area contributed by atoms with Gasteiger partial charge in [-0.1, -0.05) is 121 Å². The van der Waals surface area contributed by atoms with Gasteiger partial charge in [0.25, 0.3) is 0 Å². The van der Waals surface area contributed by atoms with E-state index in [9.17, 15) is 9.59 Å². The number of carbonyl (C=O) groups excluding carboxylic acids is 2. The summed E-state index contributed by atoms with van der Waals surface area (Å²) in [6.45, 7) is 0. The van der Waals surface area contributed by atoms with Crippen molar-refractivity contribution in [2.75, 3.05) is 0 Å². The van der Waals surface area contributed by atoms with Gasteiger partial charge in [0, 0.05) is 21.6 Å². The maximum atomic E-state index is 14.6. The first-order valence-corrected chi connectivity index (χ1v) is 14.1. The van der Waals surface area contributed by atoms with Crippen LogP contribution in [0, 0.1) is 17.3 Å². The lowest BCUT2D eigenvalue weighted by atomic mass is 9.57. The smallest absolute Gasteiger partial charge is 0.168 e. The van der Waals surface area contributed by atoms with Gasteiger partial charge in [0.1, 0.15) is 17.1 Å². The molecule has 40 heavy (non-hydrogen) atoms. The summed E-state index contributed by atoms with van der Waals surface area (Å²) in [7, 11) is 0. The van der Waals surface area contributed by atoms with Gasteiger partial charge in [-0.2, -0.15) is 0 Å². The van der Waals surface area contributed by atoms with E-state index in [1.807, 2.05) is 97.1 Å². The summed E-state index contributed by atoms with van der Waals surface area (Å²) < 4.78 is 0. The van der Waals surface area contributed by atoms with Crippen LogP contribution >= 0.6 is 11.8 Å². The number of rotatable bonds is 6. The fourth-order valence-electron chi connectivity index (χ4n) is 6.11. The topological polar surface area (TPSA) is 111 Å². The van der Waals surface area contributed by atoms with Crippen molar-refractivity contribution >= 4 is 35.0 Å². The molecule has 0 bridgehead atoms. The van der Waals surface area contributed by atoms with Crippen LogP contribution in [0.3, 0.4) is 0 Å². The Hall–Kier alpha value is -4.49. The molecule has 4 aromatic rings. The Kier molecular flexibility index (Phi) is 6.82. The largest absolute Gasteiger partial charge is 0.385 e. The zero-order valence-electron chi connectivity index (χ0n) is 21.6. The predicted molar refractivity (Wildman–Crippen MR) is 160 cm³/mol. The van der Waals surface area contributed by atoms with E-state index < -0.39 is 17.3 Å². The molecular formula is C33H28N4O2S. The minimum Gasteiger partial charge on any atom is -0.385 e. The van der Waals surface area contributed by atoms with E-state index >= 15 is 0 Å². The van der Waals surface area contributed by atoms with E-state index in [1.54, 1.807) is 36.0 Å². The highest BCUT2D eigenvalue weighted by Crippen LogP contribution is 2.65. The maximum Gasteiger partial charge on any atom is 0.168 e. The van der Waals surface area contributed by atoms with Crippen LogP contribution in [-0.2, 0) is 0 Å². The molecule has 2 aliphatic rings. The van der Waals surface area contributed by atoms with Gasteiger partial charge < -0.3 is 11.5 Å². The Morgan fingerprint density at radius 3 is 1.23 bits per heavy atom. The molecule has 0 aromatic heterocycles. The Bertz CT molecular complexity index is 1470. The molecule has 4 aromatic carbocycles. The lowest BCUT2D eigenvalue weighted by Gasteiger charge is -2.52. The van der Waals surface area contributed by atoms with Crippen LogP contribution in [0.15, 0.2) is 132 Å². The normalized spacial score (nSPS) is 23.3. The second-order valence-corrected chi connectivity index (χ2v) is 11.3. The van der Waals surface area contributed by atoms with Gasteiger partial charge in [0.05, 0.1) is 11.8 Å². The zero-order valence-corrected chi connectivity index (χ0v) is 22.4. The summed E-state index contributed by atoms with van der Waals surface area (Å²) in [5.74, 6) is -1.80. The summed E-state index contributed by atoms with van der Waals surface area (Å²) in [6, 6.07) is 37.9. The molecule has 2 aliphatic heterocycles. The monoisotopic (exact) mass is 544 g/mol. The van der Waals surface area contributed by atoms with Gasteiger partial charge in [0.15, 0.2) is 11.6 Å². The molecule has 0 amide bonds. The fraction of sp³-hybridized carbons (Fsp3) is 0.152. The van der Waals surface area contributed by atoms with Crippen LogP contribution in [0.4, 0.5) is 0 Å². The number of ketones is 2. The van der Waals surface area contributed by atoms with E-state index in [-0.39, 0.29) is 33.7 Å². The van der Waals surface area contributed by atoms with Crippen molar-refractivity contribution in [1.29, 1.82) is 0 Å². The first-order chi connectivity index (χ1) is 19.5. The minimum atomic E-state index is -1.44. The van der Waals surface area contributed by atoms with Crippen molar-refractivity contribution in [3.8, 4) is 0 Å². The molecule has 0 aliphatic carbocycles. The zero-order chi connectivity index (χ0) is 27.7. The van der Waals surface area contributed by atoms with Crippen LogP contribution in [0.5, 0.6) is 0 Å². The van der Waals surface area contributed by atoms with Crippen LogP contribution in [0.1, 0.15) is 42.3 Å². The number of amidine groups is 2. The lowest BCUT2D eigenvalue weighted by Crippen LogP contribution is -2.63.